The first-order valence-electron chi connectivity index (χ1n) is 4.82. The Labute approximate surface area is 118 Å². The molecular formula is C13H7BrClNS. The molecule has 4 heteroatoms. The summed E-state index contributed by atoms with van der Waals surface area (Å²) in [5.74, 6) is 0. The molecule has 0 aromatic heterocycles. The monoisotopic (exact) mass is 323 g/mol. The Bertz CT molecular complexity index is 592. The van der Waals surface area contributed by atoms with Crippen molar-refractivity contribution in [1.29, 1.82) is 5.26 Å². The van der Waals surface area contributed by atoms with Crippen molar-refractivity contribution in [2.24, 2.45) is 0 Å². The first-order chi connectivity index (χ1) is 8.19. The van der Waals surface area contributed by atoms with Gasteiger partial charge in [-0.15, -0.1) is 0 Å². The number of nitrogens with zero attached hydrogens (tertiary/aromatic N) is 1. The van der Waals surface area contributed by atoms with E-state index >= 15 is 0 Å². The molecule has 0 aliphatic rings. The maximum Gasteiger partial charge on any atom is 0.101 e. The number of halogens is 2. The summed E-state index contributed by atoms with van der Waals surface area (Å²) in [5.41, 5.74) is 0.505. The second-order valence-electron chi connectivity index (χ2n) is 3.31. The lowest BCUT2D eigenvalue weighted by Crippen LogP contribution is -1.79. The van der Waals surface area contributed by atoms with Crippen LogP contribution in [0.15, 0.2) is 56.7 Å². The predicted octanol–water partition coefficient (Wildman–Crippen LogP) is 5.13. The van der Waals surface area contributed by atoms with E-state index in [0.717, 1.165) is 14.3 Å². The van der Waals surface area contributed by atoms with Crippen molar-refractivity contribution in [2.45, 2.75) is 9.79 Å². The van der Waals surface area contributed by atoms with Crippen LogP contribution in [0.2, 0.25) is 5.02 Å². The molecule has 2 aromatic rings. The van der Waals surface area contributed by atoms with E-state index in [1.54, 1.807) is 17.8 Å². The molecule has 2 aromatic carbocycles. The van der Waals surface area contributed by atoms with E-state index in [4.69, 9.17) is 16.9 Å². The zero-order valence-corrected chi connectivity index (χ0v) is 11.8. The van der Waals surface area contributed by atoms with Crippen LogP contribution in [-0.4, -0.2) is 0 Å². The van der Waals surface area contributed by atoms with Gasteiger partial charge >= 0.3 is 0 Å². The Morgan fingerprint density at radius 3 is 2.53 bits per heavy atom. The summed E-state index contributed by atoms with van der Waals surface area (Å²) in [4.78, 5) is 2.15. The van der Waals surface area contributed by atoms with Gasteiger partial charge in [0.25, 0.3) is 0 Å². The highest BCUT2D eigenvalue weighted by molar-refractivity contribution is 9.10. The second-order valence-corrected chi connectivity index (χ2v) is 5.78. The molecule has 0 bridgehead atoms. The minimum absolute atomic E-state index is 0.493. The number of benzene rings is 2. The molecule has 17 heavy (non-hydrogen) atoms. The van der Waals surface area contributed by atoms with Crippen molar-refractivity contribution < 1.29 is 0 Å². The van der Waals surface area contributed by atoms with Crippen LogP contribution in [0, 0.1) is 11.3 Å². The molecule has 0 fully saturated rings. The molecule has 0 aliphatic carbocycles. The third-order valence-corrected chi connectivity index (χ3v) is 3.88. The third kappa shape index (κ3) is 3.26. The third-order valence-electron chi connectivity index (χ3n) is 2.09. The standard InChI is InChI=1S/C13H7BrClNS/c14-10-2-1-3-11(6-10)17-12-5-4-9(8-16)13(15)7-12/h1-7H. The molecule has 0 unspecified atom stereocenters. The number of rotatable bonds is 2. The molecule has 84 valence electrons. The van der Waals surface area contributed by atoms with Crippen molar-refractivity contribution in [3.05, 3.63) is 57.5 Å². The van der Waals surface area contributed by atoms with E-state index in [9.17, 15) is 0 Å². The van der Waals surface area contributed by atoms with E-state index in [1.807, 2.05) is 42.5 Å². The van der Waals surface area contributed by atoms with Gasteiger partial charge in [-0.05, 0) is 36.4 Å². The first kappa shape index (κ1) is 12.5. The van der Waals surface area contributed by atoms with Crippen LogP contribution in [0.3, 0.4) is 0 Å². The second kappa shape index (κ2) is 5.59. The topological polar surface area (TPSA) is 23.8 Å². The molecule has 2 rings (SSSR count). The molecule has 0 aliphatic heterocycles. The van der Waals surface area contributed by atoms with E-state index in [-0.39, 0.29) is 0 Å². The molecule has 0 saturated carbocycles. The van der Waals surface area contributed by atoms with E-state index in [1.165, 1.54) is 0 Å². The minimum Gasteiger partial charge on any atom is -0.192 e. The van der Waals surface area contributed by atoms with Gasteiger partial charge in [-0.3, -0.25) is 0 Å². The van der Waals surface area contributed by atoms with Gasteiger partial charge in [0.1, 0.15) is 6.07 Å². The highest BCUT2D eigenvalue weighted by atomic mass is 79.9. The fourth-order valence-corrected chi connectivity index (χ4v) is 3.07. The van der Waals surface area contributed by atoms with E-state index < -0.39 is 0 Å². The maximum atomic E-state index is 8.79. The summed E-state index contributed by atoms with van der Waals surface area (Å²) in [6.45, 7) is 0. The lowest BCUT2D eigenvalue weighted by molar-refractivity contribution is 1.38. The largest absolute Gasteiger partial charge is 0.192 e. The van der Waals surface area contributed by atoms with Crippen LogP contribution < -0.4 is 0 Å². The quantitative estimate of drug-likeness (QED) is 0.765. The smallest absolute Gasteiger partial charge is 0.101 e. The van der Waals surface area contributed by atoms with Crippen molar-refractivity contribution in [2.75, 3.05) is 0 Å². The SMILES string of the molecule is N#Cc1ccc(Sc2cccc(Br)c2)cc1Cl. The van der Waals surface area contributed by atoms with Crippen LogP contribution in [0.1, 0.15) is 5.56 Å². The van der Waals surface area contributed by atoms with Gasteiger partial charge in [0.2, 0.25) is 0 Å². The maximum absolute atomic E-state index is 8.79. The summed E-state index contributed by atoms with van der Waals surface area (Å²) < 4.78 is 1.04. The average Bonchev–Trinajstić information content (AvgIpc) is 2.29. The van der Waals surface area contributed by atoms with Gasteiger partial charge < -0.3 is 0 Å². The molecule has 0 radical (unpaired) electrons. The molecule has 0 atom stereocenters. The predicted molar refractivity (Wildman–Crippen MR) is 74.4 cm³/mol. The number of hydrogen-bond acceptors (Lipinski definition) is 2. The lowest BCUT2D eigenvalue weighted by Gasteiger charge is -2.03. The molecular weight excluding hydrogens is 318 g/mol. The van der Waals surface area contributed by atoms with Gasteiger partial charge in [-0.25, -0.2) is 0 Å². The summed E-state index contributed by atoms with van der Waals surface area (Å²) in [7, 11) is 0. The number of nitriles is 1. The molecule has 0 heterocycles. The number of hydrogen-bond donors (Lipinski definition) is 0. The highest BCUT2D eigenvalue weighted by Crippen LogP contribution is 2.31. The van der Waals surface area contributed by atoms with E-state index in [2.05, 4.69) is 15.9 Å². The van der Waals surface area contributed by atoms with Crippen molar-refractivity contribution in [3.8, 4) is 6.07 Å². The van der Waals surface area contributed by atoms with E-state index in [0.29, 0.717) is 10.6 Å². The molecule has 0 N–H and O–H groups in total. The van der Waals surface area contributed by atoms with Crippen LogP contribution in [0.25, 0.3) is 0 Å². The molecule has 1 nitrogen and oxygen atoms in total. The van der Waals surface area contributed by atoms with Gasteiger partial charge in [0, 0.05) is 14.3 Å². The van der Waals surface area contributed by atoms with Crippen molar-refractivity contribution >= 4 is 39.3 Å². The Morgan fingerprint density at radius 2 is 1.88 bits per heavy atom. The van der Waals surface area contributed by atoms with Gasteiger partial charge in [-0.2, -0.15) is 5.26 Å². The summed E-state index contributed by atoms with van der Waals surface area (Å²) in [6, 6.07) is 15.5. The Balaban J connectivity index is 2.25. The highest BCUT2D eigenvalue weighted by Gasteiger charge is 2.03. The normalized spacial score (nSPS) is 9.94. The first-order valence-corrected chi connectivity index (χ1v) is 6.81. The Hall–Kier alpha value is -0.950. The van der Waals surface area contributed by atoms with Crippen LogP contribution in [0.4, 0.5) is 0 Å². The zero-order valence-electron chi connectivity index (χ0n) is 8.65. The fraction of sp³-hybridized carbons (Fsp3) is 0. The van der Waals surface area contributed by atoms with Crippen molar-refractivity contribution in [3.63, 3.8) is 0 Å². The summed E-state index contributed by atoms with van der Waals surface area (Å²) >= 11 is 11.0. The zero-order chi connectivity index (χ0) is 12.3. The van der Waals surface area contributed by atoms with Crippen LogP contribution in [-0.2, 0) is 0 Å². The average molecular weight is 325 g/mol. The lowest BCUT2D eigenvalue weighted by atomic mass is 10.2. The van der Waals surface area contributed by atoms with Gasteiger partial charge in [0.15, 0.2) is 0 Å². The Kier molecular flexibility index (Phi) is 4.11. The molecule has 0 spiro atoms. The minimum atomic E-state index is 0.493. The summed E-state index contributed by atoms with van der Waals surface area (Å²) in [5, 5.41) is 9.28. The molecule has 0 amide bonds. The van der Waals surface area contributed by atoms with Crippen molar-refractivity contribution in [1.82, 2.24) is 0 Å². The Morgan fingerprint density at radius 1 is 1.12 bits per heavy atom. The fourth-order valence-electron chi connectivity index (χ4n) is 1.32. The van der Waals surface area contributed by atoms with Gasteiger partial charge in [0.05, 0.1) is 10.6 Å². The van der Waals surface area contributed by atoms with Crippen LogP contribution >= 0.6 is 39.3 Å². The van der Waals surface area contributed by atoms with Crippen LogP contribution in [0.5, 0.6) is 0 Å². The summed E-state index contributed by atoms with van der Waals surface area (Å²) in [6.07, 6.45) is 0. The van der Waals surface area contributed by atoms with Gasteiger partial charge in [-0.1, -0.05) is 45.4 Å². The molecule has 0 saturated heterocycles.